The van der Waals surface area contributed by atoms with Crippen LogP contribution in [0.5, 0.6) is 0 Å². The first kappa shape index (κ1) is 13.8. The summed E-state index contributed by atoms with van der Waals surface area (Å²) in [4.78, 5) is 27.2. The van der Waals surface area contributed by atoms with Crippen molar-refractivity contribution < 1.29 is 4.79 Å². The number of aromatic amines is 2. The number of para-hydroxylation sites is 1. The summed E-state index contributed by atoms with van der Waals surface area (Å²) >= 11 is 0. The van der Waals surface area contributed by atoms with Gasteiger partial charge in [0.2, 0.25) is 5.56 Å². The number of hydrogen-bond acceptors (Lipinski definition) is 3. The number of nitrogens with one attached hydrogen (secondary N) is 3. The van der Waals surface area contributed by atoms with Crippen LogP contribution in [0, 0.1) is 0 Å². The summed E-state index contributed by atoms with van der Waals surface area (Å²) in [5, 5.41) is 10.8. The molecule has 1 aliphatic carbocycles. The third kappa shape index (κ3) is 2.52. The van der Waals surface area contributed by atoms with Crippen LogP contribution < -0.4 is 10.9 Å². The van der Waals surface area contributed by atoms with Crippen LogP contribution in [0.15, 0.2) is 41.3 Å². The number of H-pyrrole nitrogens is 2. The standard InChI is InChI=1S/C17H16N4O2/c22-16-8-13(12-3-1-2-4-15(12)20-16)17(23)19-11-5-6-14-10(7-11)9-18-21-14/h1-4,8-9,11H,5-7H2,(H,18,21)(H,19,23)(H,20,22). The Balaban J connectivity index is 1.62. The lowest BCUT2D eigenvalue weighted by Crippen LogP contribution is -2.39. The molecule has 4 rings (SSSR count). The average molecular weight is 308 g/mol. The van der Waals surface area contributed by atoms with Crippen LogP contribution in [-0.4, -0.2) is 27.1 Å². The number of rotatable bonds is 2. The molecule has 0 spiro atoms. The zero-order valence-corrected chi connectivity index (χ0v) is 12.4. The lowest BCUT2D eigenvalue weighted by molar-refractivity contribution is 0.0935. The van der Waals surface area contributed by atoms with Crippen LogP contribution in [-0.2, 0) is 12.8 Å². The summed E-state index contributed by atoms with van der Waals surface area (Å²) in [5.74, 6) is -0.204. The van der Waals surface area contributed by atoms with Gasteiger partial charge in [-0.15, -0.1) is 0 Å². The molecule has 2 aromatic heterocycles. The maximum atomic E-state index is 12.6. The minimum absolute atomic E-state index is 0.0608. The van der Waals surface area contributed by atoms with Crippen LogP contribution in [0.25, 0.3) is 10.9 Å². The third-order valence-corrected chi connectivity index (χ3v) is 4.35. The molecule has 1 amide bonds. The van der Waals surface area contributed by atoms with Gasteiger partial charge in [-0.2, -0.15) is 5.10 Å². The number of benzene rings is 1. The monoisotopic (exact) mass is 308 g/mol. The van der Waals surface area contributed by atoms with Gasteiger partial charge in [0.25, 0.3) is 5.91 Å². The lowest BCUT2D eigenvalue weighted by Gasteiger charge is -2.23. The first-order chi connectivity index (χ1) is 11.2. The molecule has 23 heavy (non-hydrogen) atoms. The van der Waals surface area contributed by atoms with Gasteiger partial charge in [-0.05, 0) is 30.9 Å². The molecule has 1 unspecified atom stereocenters. The molecule has 6 heteroatoms. The highest BCUT2D eigenvalue weighted by Crippen LogP contribution is 2.20. The van der Waals surface area contributed by atoms with E-state index >= 15 is 0 Å². The second-order valence-corrected chi connectivity index (χ2v) is 5.88. The Morgan fingerprint density at radius 3 is 3.09 bits per heavy atom. The predicted molar refractivity (Wildman–Crippen MR) is 86.4 cm³/mol. The molecule has 0 saturated carbocycles. The summed E-state index contributed by atoms with van der Waals surface area (Å²) in [6.07, 6.45) is 4.31. The Bertz CT molecular complexity index is 941. The fourth-order valence-electron chi connectivity index (χ4n) is 3.20. The number of nitrogens with zero attached hydrogens (tertiary/aromatic N) is 1. The number of amides is 1. The Morgan fingerprint density at radius 1 is 1.30 bits per heavy atom. The predicted octanol–water partition coefficient (Wildman–Crippen LogP) is 1.54. The summed E-state index contributed by atoms with van der Waals surface area (Å²) in [6, 6.07) is 8.76. The Kier molecular flexibility index (Phi) is 3.22. The number of carbonyl (C=O) groups excluding carboxylic acids is 1. The van der Waals surface area contributed by atoms with Crippen LogP contribution in [0.3, 0.4) is 0 Å². The average Bonchev–Trinajstić information content (AvgIpc) is 3.01. The van der Waals surface area contributed by atoms with Crippen molar-refractivity contribution in [3.05, 3.63) is 63.7 Å². The van der Waals surface area contributed by atoms with Gasteiger partial charge in [-0.1, -0.05) is 18.2 Å². The fraction of sp³-hybridized carbons (Fsp3) is 0.235. The summed E-state index contributed by atoms with van der Waals surface area (Å²) in [6.45, 7) is 0. The van der Waals surface area contributed by atoms with E-state index in [1.807, 2.05) is 24.4 Å². The molecule has 1 atom stereocenters. The highest BCUT2D eigenvalue weighted by atomic mass is 16.2. The molecular weight excluding hydrogens is 292 g/mol. The van der Waals surface area contributed by atoms with Crippen molar-refractivity contribution in [1.29, 1.82) is 0 Å². The molecule has 1 aliphatic rings. The van der Waals surface area contributed by atoms with Gasteiger partial charge < -0.3 is 10.3 Å². The third-order valence-electron chi connectivity index (χ3n) is 4.35. The van der Waals surface area contributed by atoms with E-state index in [1.165, 1.54) is 6.07 Å². The van der Waals surface area contributed by atoms with Gasteiger partial charge in [-0.25, -0.2) is 0 Å². The summed E-state index contributed by atoms with van der Waals surface area (Å²) in [7, 11) is 0. The summed E-state index contributed by atoms with van der Waals surface area (Å²) < 4.78 is 0. The molecule has 3 N–H and O–H groups in total. The molecule has 1 aromatic carbocycles. The van der Waals surface area contributed by atoms with Crippen molar-refractivity contribution in [1.82, 2.24) is 20.5 Å². The van der Waals surface area contributed by atoms with Gasteiger partial charge in [0, 0.05) is 28.7 Å². The van der Waals surface area contributed by atoms with Gasteiger partial charge >= 0.3 is 0 Å². The second kappa shape index (κ2) is 5.39. The number of fused-ring (bicyclic) bond motifs is 2. The smallest absolute Gasteiger partial charge is 0.252 e. The molecule has 0 radical (unpaired) electrons. The van der Waals surface area contributed by atoms with Crippen LogP contribution in [0.1, 0.15) is 28.0 Å². The lowest BCUT2D eigenvalue weighted by atomic mass is 9.93. The van der Waals surface area contributed by atoms with Crippen molar-refractivity contribution in [2.24, 2.45) is 0 Å². The Morgan fingerprint density at radius 2 is 2.17 bits per heavy atom. The molecule has 3 aromatic rings. The zero-order valence-electron chi connectivity index (χ0n) is 12.4. The minimum Gasteiger partial charge on any atom is -0.349 e. The van der Waals surface area contributed by atoms with Crippen LogP contribution >= 0.6 is 0 Å². The van der Waals surface area contributed by atoms with Gasteiger partial charge in [0.05, 0.1) is 11.8 Å². The molecule has 2 heterocycles. The van der Waals surface area contributed by atoms with E-state index in [4.69, 9.17) is 0 Å². The van der Waals surface area contributed by atoms with E-state index in [1.54, 1.807) is 6.07 Å². The Labute approximate surface area is 131 Å². The molecule has 0 bridgehead atoms. The van der Waals surface area contributed by atoms with Crippen LogP contribution in [0.4, 0.5) is 0 Å². The molecule has 116 valence electrons. The van der Waals surface area contributed by atoms with Gasteiger partial charge in [0.15, 0.2) is 0 Å². The van der Waals surface area contributed by atoms with E-state index in [0.717, 1.165) is 35.9 Å². The molecule has 6 nitrogen and oxygen atoms in total. The van der Waals surface area contributed by atoms with E-state index < -0.39 is 0 Å². The highest BCUT2D eigenvalue weighted by Gasteiger charge is 2.22. The first-order valence-electron chi connectivity index (χ1n) is 7.65. The SMILES string of the molecule is O=C(NC1CCc2[nH]ncc2C1)c1cc(=O)[nH]c2ccccc12. The van der Waals surface area contributed by atoms with Crippen molar-refractivity contribution in [2.45, 2.75) is 25.3 Å². The quantitative estimate of drug-likeness (QED) is 0.670. The molecule has 0 fully saturated rings. The first-order valence-corrected chi connectivity index (χ1v) is 7.65. The van der Waals surface area contributed by atoms with E-state index in [2.05, 4.69) is 20.5 Å². The van der Waals surface area contributed by atoms with E-state index in [-0.39, 0.29) is 17.5 Å². The molecule has 0 aliphatic heterocycles. The number of carbonyl (C=O) groups is 1. The largest absolute Gasteiger partial charge is 0.349 e. The number of hydrogen-bond donors (Lipinski definition) is 3. The number of pyridine rings is 1. The van der Waals surface area contributed by atoms with E-state index in [9.17, 15) is 9.59 Å². The maximum absolute atomic E-state index is 12.6. The van der Waals surface area contributed by atoms with Gasteiger partial charge in [-0.3, -0.25) is 14.7 Å². The summed E-state index contributed by atoms with van der Waals surface area (Å²) in [5.41, 5.74) is 3.12. The van der Waals surface area contributed by atoms with Crippen molar-refractivity contribution >= 4 is 16.8 Å². The second-order valence-electron chi connectivity index (χ2n) is 5.88. The van der Waals surface area contributed by atoms with Crippen LogP contribution in [0.2, 0.25) is 0 Å². The van der Waals surface area contributed by atoms with Gasteiger partial charge in [0.1, 0.15) is 0 Å². The minimum atomic E-state index is -0.269. The van der Waals surface area contributed by atoms with E-state index in [0.29, 0.717) is 11.1 Å². The van der Waals surface area contributed by atoms with Crippen molar-refractivity contribution in [3.63, 3.8) is 0 Å². The topological polar surface area (TPSA) is 90.6 Å². The molecular formula is C17H16N4O2. The Hall–Kier alpha value is -2.89. The maximum Gasteiger partial charge on any atom is 0.252 e. The zero-order chi connectivity index (χ0) is 15.8. The van der Waals surface area contributed by atoms with Crippen molar-refractivity contribution in [3.8, 4) is 0 Å². The number of aryl methyl sites for hydroxylation is 1. The normalized spacial score (nSPS) is 17.0. The molecule has 0 saturated heterocycles. The van der Waals surface area contributed by atoms with Crippen molar-refractivity contribution in [2.75, 3.05) is 0 Å². The highest BCUT2D eigenvalue weighted by molar-refractivity contribution is 6.06. The number of aromatic nitrogens is 3. The fourth-order valence-corrected chi connectivity index (χ4v) is 3.20.